The fourth-order valence-corrected chi connectivity index (χ4v) is 5.09. The van der Waals surface area contributed by atoms with E-state index < -0.39 is 23.9 Å². The standard InChI is InChI=1S/C32H35ClN4O4/c1-21-17-25(11-13-27(21)33)35-31(40)28(15-16-34)36-32(41)29-19-23-9-5-6-10-24(23)20-37(29)30(39)14-12-26(38)18-22-7-3-2-4-8-22/h2-11,13,17,28-29H,12,14-16,18-20,34H2,1H3,(H,35,40)(H,36,41)/t28-,29-/m0/s1. The molecule has 0 saturated heterocycles. The van der Waals surface area contributed by atoms with Crippen LogP contribution in [-0.4, -0.2) is 47.0 Å². The second-order valence-electron chi connectivity index (χ2n) is 10.3. The van der Waals surface area contributed by atoms with E-state index in [-0.39, 0.29) is 50.5 Å². The highest BCUT2D eigenvalue weighted by atomic mass is 35.5. The van der Waals surface area contributed by atoms with Gasteiger partial charge in [-0.25, -0.2) is 0 Å². The fourth-order valence-electron chi connectivity index (χ4n) is 4.98. The molecule has 2 atom stereocenters. The molecule has 8 nitrogen and oxygen atoms in total. The Morgan fingerprint density at radius 3 is 2.39 bits per heavy atom. The predicted octanol–water partition coefficient (Wildman–Crippen LogP) is 3.97. The average molecular weight is 575 g/mol. The lowest BCUT2D eigenvalue weighted by Crippen LogP contribution is -2.56. The predicted molar refractivity (Wildman–Crippen MR) is 159 cm³/mol. The molecule has 0 aliphatic carbocycles. The van der Waals surface area contributed by atoms with E-state index >= 15 is 0 Å². The zero-order chi connectivity index (χ0) is 29.4. The topological polar surface area (TPSA) is 122 Å². The summed E-state index contributed by atoms with van der Waals surface area (Å²) < 4.78 is 0. The number of aryl methyl sites for hydroxylation is 1. The summed E-state index contributed by atoms with van der Waals surface area (Å²) in [6.45, 7) is 2.26. The number of nitrogens with zero attached hydrogens (tertiary/aromatic N) is 1. The van der Waals surface area contributed by atoms with Crippen molar-refractivity contribution in [3.05, 3.63) is 100 Å². The third-order valence-electron chi connectivity index (χ3n) is 7.25. The molecule has 0 bridgehead atoms. The number of carbonyl (C=O) groups excluding carboxylic acids is 4. The lowest BCUT2D eigenvalue weighted by Gasteiger charge is -2.36. The summed E-state index contributed by atoms with van der Waals surface area (Å²) in [5.74, 6) is -1.17. The molecule has 3 aromatic carbocycles. The van der Waals surface area contributed by atoms with Gasteiger partial charge in [0.2, 0.25) is 17.7 Å². The van der Waals surface area contributed by atoms with Crippen molar-refractivity contribution in [2.75, 3.05) is 11.9 Å². The van der Waals surface area contributed by atoms with Gasteiger partial charge in [0.25, 0.3) is 0 Å². The normalized spacial score (nSPS) is 15.0. The van der Waals surface area contributed by atoms with Crippen LogP contribution in [0.2, 0.25) is 5.02 Å². The van der Waals surface area contributed by atoms with Crippen molar-refractivity contribution in [2.45, 2.75) is 57.7 Å². The smallest absolute Gasteiger partial charge is 0.246 e. The van der Waals surface area contributed by atoms with Crippen molar-refractivity contribution < 1.29 is 19.2 Å². The number of nitrogens with one attached hydrogen (secondary N) is 2. The van der Waals surface area contributed by atoms with Crippen LogP contribution in [0.5, 0.6) is 0 Å². The molecule has 0 radical (unpaired) electrons. The minimum absolute atomic E-state index is 0.000244. The minimum Gasteiger partial charge on any atom is -0.342 e. The highest BCUT2D eigenvalue weighted by Gasteiger charge is 2.36. The molecule has 1 aliphatic heterocycles. The molecule has 0 aromatic heterocycles. The van der Waals surface area contributed by atoms with Crippen LogP contribution in [0.3, 0.4) is 0 Å². The van der Waals surface area contributed by atoms with Gasteiger partial charge in [-0.2, -0.15) is 0 Å². The third kappa shape index (κ3) is 8.02. The lowest BCUT2D eigenvalue weighted by atomic mass is 9.92. The molecular weight excluding hydrogens is 540 g/mol. The van der Waals surface area contributed by atoms with E-state index in [1.807, 2.05) is 61.5 Å². The zero-order valence-corrected chi connectivity index (χ0v) is 23.8. The zero-order valence-electron chi connectivity index (χ0n) is 23.1. The molecule has 3 amide bonds. The van der Waals surface area contributed by atoms with Gasteiger partial charge in [0.05, 0.1) is 0 Å². The number of ketones is 1. The van der Waals surface area contributed by atoms with Gasteiger partial charge in [0, 0.05) is 42.9 Å². The molecule has 0 spiro atoms. The molecule has 0 unspecified atom stereocenters. The van der Waals surface area contributed by atoms with Crippen LogP contribution in [0.4, 0.5) is 5.69 Å². The van der Waals surface area contributed by atoms with Crippen LogP contribution >= 0.6 is 11.6 Å². The third-order valence-corrected chi connectivity index (χ3v) is 7.67. The highest BCUT2D eigenvalue weighted by Crippen LogP contribution is 2.25. The molecule has 4 rings (SSSR count). The molecule has 3 aromatic rings. The number of carbonyl (C=O) groups is 4. The van der Waals surface area contributed by atoms with Crippen molar-refractivity contribution in [3.8, 4) is 0 Å². The van der Waals surface area contributed by atoms with E-state index in [0.29, 0.717) is 17.1 Å². The number of hydrogen-bond donors (Lipinski definition) is 3. The monoisotopic (exact) mass is 574 g/mol. The number of fused-ring (bicyclic) bond motifs is 1. The Morgan fingerprint density at radius 2 is 1.68 bits per heavy atom. The molecule has 0 fully saturated rings. The van der Waals surface area contributed by atoms with Crippen LogP contribution in [-0.2, 0) is 38.6 Å². The number of benzene rings is 3. The van der Waals surface area contributed by atoms with Gasteiger partial charge >= 0.3 is 0 Å². The molecule has 4 N–H and O–H groups in total. The highest BCUT2D eigenvalue weighted by molar-refractivity contribution is 6.31. The van der Waals surface area contributed by atoms with Gasteiger partial charge in [-0.3, -0.25) is 19.2 Å². The maximum atomic E-state index is 13.6. The van der Waals surface area contributed by atoms with E-state index in [4.69, 9.17) is 17.3 Å². The summed E-state index contributed by atoms with van der Waals surface area (Å²) in [4.78, 5) is 54.3. The Balaban J connectivity index is 1.46. The van der Waals surface area contributed by atoms with Gasteiger partial charge in [-0.1, -0.05) is 66.2 Å². The van der Waals surface area contributed by atoms with Crippen LogP contribution in [0, 0.1) is 6.92 Å². The van der Waals surface area contributed by atoms with E-state index in [0.717, 1.165) is 22.3 Å². The molecule has 1 aliphatic rings. The minimum atomic E-state index is -0.898. The van der Waals surface area contributed by atoms with Crippen molar-refractivity contribution in [2.24, 2.45) is 5.73 Å². The Morgan fingerprint density at radius 1 is 0.976 bits per heavy atom. The number of amides is 3. The number of Topliss-reactive ketones (excluding diaryl/α,β-unsaturated/α-hetero) is 1. The van der Waals surface area contributed by atoms with Gasteiger partial charge < -0.3 is 21.3 Å². The van der Waals surface area contributed by atoms with Gasteiger partial charge in [-0.05, 0) is 60.3 Å². The number of halogens is 1. The van der Waals surface area contributed by atoms with Crippen molar-refractivity contribution >= 4 is 40.8 Å². The summed E-state index contributed by atoms with van der Waals surface area (Å²) in [5, 5.41) is 6.23. The Hall–Kier alpha value is -4.01. The largest absolute Gasteiger partial charge is 0.342 e. The maximum Gasteiger partial charge on any atom is 0.246 e. The number of nitrogens with two attached hydrogens (primary N) is 1. The van der Waals surface area contributed by atoms with Crippen LogP contribution in [0.15, 0.2) is 72.8 Å². The number of anilines is 1. The second kappa shape index (κ2) is 14.1. The first-order chi connectivity index (χ1) is 19.7. The van der Waals surface area contributed by atoms with Crippen molar-refractivity contribution in [1.82, 2.24) is 10.2 Å². The van der Waals surface area contributed by atoms with E-state index in [1.54, 1.807) is 18.2 Å². The fraction of sp³-hybridized carbons (Fsp3) is 0.312. The summed E-state index contributed by atoms with van der Waals surface area (Å²) >= 11 is 6.10. The molecule has 214 valence electrons. The van der Waals surface area contributed by atoms with E-state index in [1.165, 1.54) is 4.90 Å². The summed E-state index contributed by atoms with van der Waals surface area (Å²) in [6.07, 6.45) is 0.859. The van der Waals surface area contributed by atoms with Crippen LogP contribution in [0.25, 0.3) is 0 Å². The van der Waals surface area contributed by atoms with E-state index in [9.17, 15) is 19.2 Å². The molecule has 1 heterocycles. The Bertz CT molecular complexity index is 1410. The lowest BCUT2D eigenvalue weighted by molar-refractivity contribution is -0.143. The van der Waals surface area contributed by atoms with Gasteiger partial charge in [-0.15, -0.1) is 0 Å². The number of rotatable bonds is 11. The molecule has 41 heavy (non-hydrogen) atoms. The summed E-state index contributed by atoms with van der Waals surface area (Å²) in [5.41, 5.74) is 9.95. The SMILES string of the molecule is Cc1cc(NC(=O)[C@H](CCN)NC(=O)[C@@H]2Cc3ccccc3CN2C(=O)CCC(=O)Cc2ccccc2)ccc1Cl. The molecule has 0 saturated carbocycles. The Kier molecular flexibility index (Phi) is 10.3. The van der Waals surface area contributed by atoms with Crippen molar-refractivity contribution in [3.63, 3.8) is 0 Å². The molecule has 9 heteroatoms. The van der Waals surface area contributed by atoms with Gasteiger partial charge in [0.15, 0.2) is 0 Å². The van der Waals surface area contributed by atoms with Crippen molar-refractivity contribution in [1.29, 1.82) is 0 Å². The molecular formula is C32H35ClN4O4. The summed E-state index contributed by atoms with van der Waals surface area (Å²) in [7, 11) is 0. The van der Waals surface area contributed by atoms with Crippen LogP contribution in [0.1, 0.15) is 41.5 Å². The first-order valence-electron chi connectivity index (χ1n) is 13.7. The van der Waals surface area contributed by atoms with Crippen LogP contribution < -0.4 is 16.4 Å². The first kappa shape index (κ1) is 30.0. The maximum absolute atomic E-state index is 13.6. The summed E-state index contributed by atoms with van der Waals surface area (Å²) in [6, 6.07) is 20.5. The average Bonchev–Trinajstić information content (AvgIpc) is 2.97. The Labute approximate surface area is 245 Å². The van der Waals surface area contributed by atoms with E-state index in [2.05, 4.69) is 10.6 Å². The second-order valence-corrected chi connectivity index (χ2v) is 10.7. The van der Waals surface area contributed by atoms with Gasteiger partial charge in [0.1, 0.15) is 17.9 Å². The number of hydrogen-bond acceptors (Lipinski definition) is 5. The first-order valence-corrected chi connectivity index (χ1v) is 14.1. The quantitative estimate of drug-likeness (QED) is 0.320.